The summed E-state index contributed by atoms with van der Waals surface area (Å²) in [5.74, 6) is 1.46. The van der Waals surface area contributed by atoms with Gasteiger partial charge in [0.25, 0.3) is 0 Å². The molecule has 0 aliphatic carbocycles. The Morgan fingerprint density at radius 1 is 1.06 bits per heavy atom. The molecule has 1 fully saturated rings. The number of benzene rings is 2. The Labute approximate surface area is 198 Å². The highest BCUT2D eigenvalue weighted by molar-refractivity contribution is 6.30. The van der Waals surface area contributed by atoms with Crippen molar-refractivity contribution in [3.05, 3.63) is 88.7 Å². The minimum Gasteiger partial charge on any atom is -0.454 e. The molecule has 3 aromatic rings. The zero-order valence-electron chi connectivity index (χ0n) is 18.2. The number of likely N-dealkylation sites (tertiary alicyclic amines) is 1. The molecule has 6 nitrogen and oxygen atoms in total. The van der Waals surface area contributed by atoms with E-state index in [1.54, 1.807) is 6.20 Å². The molecule has 7 heteroatoms. The first-order valence-electron chi connectivity index (χ1n) is 11.2. The number of nitrogens with zero attached hydrogens (tertiary/aromatic N) is 2. The number of rotatable bonds is 6. The Balaban J connectivity index is 1.25. The van der Waals surface area contributed by atoms with Crippen LogP contribution in [0.2, 0.25) is 5.02 Å². The molecule has 1 unspecified atom stereocenters. The van der Waals surface area contributed by atoms with Crippen LogP contribution in [0.3, 0.4) is 0 Å². The summed E-state index contributed by atoms with van der Waals surface area (Å²) in [5.41, 5.74) is 2.96. The van der Waals surface area contributed by atoms with Crippen molar-refractivity contribution < 1.29 is 14.3 Å². The number of halogens is 1. The van der Waals surface area contributed by atoms with Gasteiger partial charge in [0.1, 0.15) is 0 Å². The molecule has 1 N–H and O–H groups in total. The topological polar surface area (TPSA) is 63.7 Å². The van der Waals surface area contributed by atoms with Crippen molar-refractivity contribution in [2.75, 3.05) is 19.9 Å². The lowest BCUT2D eigenvalue weighted by Gasteiger charge is -2.32. The van der Waals surface area contributed by atoms with Crippen LogP contribution in [0.25, 0.3) is 0 Å². The van der Waals surface area contributed by atoms with Gasteiger partial charge in [-0.1, -0.05) is 35.9 Å². The average Bonchev–Trinajstić information content (AvgIpc) is 3.33. The Bertz CT molecular complexity index is 1100. The normalized spacial score (nSPS) is 17.0. The number of carbonyl (C=O) groups is 1. The van der Waals surface area contributed by atoms with Crippen molar-refractivity contribution in [1.82, 2.24) is 15.2 Å². The minimum absolute atomic E-state index is 0.0216. The number of fused-ring (bicyclic) bond motifs is 1. The van der Waals surface area contributed by atoms with Gasteiger partial charge in [-0.2, -0.15) is 0 Å². The molecule has 33 heavy (non-hydrogen) atoms. The second-order valence-corrected chi connectivity index (χ2v) is 8.92. The first kappa shape index (κ1) is 21.7. The van der Waals surface area contributed by atoms with E-state index in [0.717, 1.165) is 54.5 Å². The van der Waals surface area contributed by atoms with Crippen LogP contribution in [0, 0.1) is 5.92 Å². The van der Waals surface area contributed by atoms with Crippen molar-refractivity contribution >= 4 is 17.5 Å². The van der Waals surface area contributed by atoms with E-state index in [1.807, 2.05) is 48.5 Å². The molecule has 5 rings (SSSR count). The Kier molecular flexibility index (Phi) is 6.46. The summed E-state index contributed by atoms with van der Waals surface area (Å²) in [6, 6.07) is 19.1. The van der Waals surface area contributed by atoms with E-state index in [9.17, 15) is 4.79 Å². The summed E-state index contributed by atoms with van der Waals surface area (Å²) in [6.45, 7) is 2.87. The summed E-state index contributed by atoms with van der Waals surface area (Å²) < 4.78 is 11.0. The molecule has 1 aromatic heterocycles. The van der Waals surface area contributed by atoms with E-state index >= 15 is 0 Å². The molecule has 1 atom stereocenters. The number of carbonyl (C=O) groups excluding carboxylic acids is 1. The number of nitrogens with one attached hydrogen (secondary N) is 1. The number of amides is 1. The van der Waals surface area contributed by atoms with Gasteiger partial charge in [-0.3, -0.25) is 14.7 Å². The van der Waals surface area contributed by atoms with Gasteiger partial charge in [0.15, 0.2) is 11.5 Å². The van der Waals surface area contributed by atoms with Crippen molar-refractivity contribution in [2.45, 2.75) is 25.4 Å². The maximum absolute atomic E-state index is 13.3. The maximum Gasteiger partial charge on any atom is 0.231 e. The molecule has 1 saturated heterocycles. The standard InChI is InChI=1S/C26H26ClN3O3/c27-21-7-4-18(5-8-21)16-30-13-10-19(11-14-30)26(31)29-25(22-3-1-2-12-28-22)20-6-9-23-24(15-20)33-17-32-23/h1-9,12,15,19,25H,10-11,13-14,16-17H2,(H,29,31). The maximum atomic E-state index is 13.3. The third-order valence-electron chi connectivity index (χ3n) is 6.28. The number of ether oxygens (including phenoxy) is 2. The molecule has 2 aromatic carbocycles. The van der Waals surface area contributed by atoms with Gasteiger partial charge in [0.05, 0.1) is 11.7 Å². The van der Waals surface area contributed by atoms with Gasteiger partial charge in [-0.15, -0.1) is 0 Å². The molecule has 3 heterocycles. The van der Waals surface area contributed by atoms with Gasteiger partial charge in [-0.25, -0.2) is 0 Å². The third-order valence-corrected chi connectivity index (χ3v) is 6.53. The molecule has 170 valence electrons. The number of hydrogen-bond donors (Lipinski definition) is 1. The van der Waals surface area contributed by atoms with Crippen LogP contribution in [0.15, 0.2) is 66.9 Å². The van der Waals surface area contributed by atoms with E-state index in [2.05, 4.69) is 27.3 Å². The molecule has 1 amide bonds. The number of aromatic nitrogens is 1. The van der Waals surface area contributed by atoms with Gasteiger partial charge in [0, 0.05) is 23.7 Å². The van der Waals surface area contributed by atoms with Gasteiger partial charge >= 0.3 is 0 Å². The SMILES string of the molecule is O=C(NC(c1ccc2c(c1)OCO2)c1ccccn1)C1CCN(Cc2ccc(Cl)cc2)CC1. The third kappa shape index (κ3) is 5.13. The molecular weight excluding hydrogens is 438 g/mol. The van der Waals surface area contributed by atoms with Crippen LogP contribution < -0.4 is 14.8 Å². The Morgan fingerprint density at radius 3 is 2.61 bits per heavy atom. The zero-order chi connectivity index (χ0) is 22.6. The summed E-state index contributed by atoms with van der Waals surface area (Å²) in [4.78, 5) is 20.2. The summed E-state index contributed by atoms with van der Waals surface area (Å²) in [6.07, 6.45) is 3.40. The predicted octanol–water partition coefficient (Wildman–Crippen LogP) is 4.58. The van der Waals surface area contributed by atoms with Crippen molar-refractivity contribution in [3.8, 4) is 11.5 Å². The highest BCUT2D eigenvalue weighted by Gasteiger charge is 2.28. The van der Waals surface area contributed by atoms with Gasteiger partial charge < -0.3 is 14.8 Å². The molecule has 0 radical (unpaired) electrons. The number of hydrogen-bond acceptors (Lipinski definition) is 5. The van der Waals surface area contributed by atoms with E-state index in [4.69, 9.17) is 21.1 Å². The summed E-state index contributed by atoms with van der Waals surface area (Å²) in [5, 5.41) is 4.00. The van der Waals surface area contributed by atoms with Gasteiger partial charge in [0.2, 0.25) is 12.7 Å². The van der Waals surface area contributed by atoms with Crippen molar-refractivity contribution in [2.24, 2.45) is 5.92 Å². The number of piperidine rings is 1. The molecule has 2 aliphatic heterocycles. The lowest BCUT2D eigenvalue weighted by molar-refractivity contribution is -0.127. The highest BCUT2D eigenvalue weighted by atomic mass is 35.5. The fourth-order valence-corrected chi connectivity index (χ4v) is 4.55. The fraction of sp³-hybridized carbons (Fsp3) is 0.308. The Hall–Kier alpha value is -3.09. The van der Waals surface area contributed by atoms with Gasteiger partial charge in [-0.05, 0) is 73.5 Å². The predicted molar refractivity (Wildman–Crippen MR) is 126 cm³/mol. The molecule has 0 saturated carbocycles. The second kappa shape index (κ2) is 9.81. The van der Waals surface area contributed by atoms with Crippen LogP contribution in [0.1, 0.15) is 35.7 Å². The van der Waals surface area contributed by atoms with Crippen molar-refractivity contribution in [1.29, 1.82) is 0 Å². The molecule has 2 aliphatic rings. The van der Waals surface area contributed by atoms with E-state index in [0.29, 0.717) is 5.75 Å². The Morgan fingerprint density at radius 2 is 1.85 bits per heavy atom. The van der Waals surface area contributed by atoms with E-state index < -0.39 is 0 Å². The largest absolute Gasteiger partial charge is 0.454 e. The first-order valence-corrected chi connectivity index (χ1v) is 11.6. The summed E-state index contributed by atoms with van der Waals surface area (Å²) in [7, 11) is 0. The smallest absolute Gasteiger partial charge is 0.231 e. The molecule has 0 spiro atoms. The quantitative estimate of drug-likeness (QED) is 0.579. The lowest BCUT2D eigenvalue weighted by atomic mass is 9.94. The van der Waals surface area contributed by atoms with Crippen LogP contribution in [0.5, 0.6) is 11.5 Å². The first-order chi connectivity index (χ1) is 16.2. The van der Waals surface area contributed by atoms with Crippen molar-refractivity contribution in [3.63, 3.8) is 0 Å². The van der Waals surface area contributed by atoms with Crippen LogP contribution in [0.4, 0.5) is 0 Å². The van der Waals surface area contributed by atoms with Crippen LogP contribution in [-0.2, 0) is 11.3 Å². The second-order valence-electron chi connectivity index (χ2n) is 8.49. The van der Waals surface area contributed by atoms with Crippen LogP contribution in [-0.4, -0.2) is 35.7 Å². The average molecular weight is 464 g/mol. The van der Waals surface area contributed by atoms with E-state index in [-0.39, 0.29) is 24.7 Å². The van der Waals surface area contributed by atoms with Crippen LogP contribution >= 0.6 is 11.6 Å². The monoisotopic (exact) mass is 463 g/mol. The number of pyridine rings is 1. The highest BCUT2D eigenvalue weighted by Crippen LogP contribution is 2.35. The minimum atomic E-state index is -0.347. The zero-order valence-corrected chi connectivity index (χ0v) is 19.0. The van der Waals surface area contributed by atoms with E-state index in [1.165, 1.54) is 5.56 Å². The lowest BCUT2D eigenvalue weighted by Crippen LogP contribution is -2.41. The molecule has 0 bridgehead atoms. The fourth-order valence-electron chi connectivity index (χ4n) is 4.43. The molecular formula is C26H26ClN3O3. The summed E-state index contributed by atoms with van der Waals surface area (Å²) >= 11 is 5.99.